The lowest BCUT2D eigenvalue weighted by Gasteiger charge is -2.56. The van der Waals surface area contributed by atoms with E-state index in [0.717, 1.165) is 32.4 Å². The number of nitrogens with zero attached hydrogens (tertiary/aromatic N) is 3. The van der Waals surface area contributed by atoms with Gasteiger partial charge in [0.25, 0.3) is 0 Å². The molecule has 3 atom stereocenters. The fourth-order valence-electron chi connectivity index (χ4n) is 5.06. The number of urea groups is 1. The fourth-order valence-corrected chi connectivity index (χ4v) is 5.06. The van der Waals surface area contributed by atoms with E-state index >= 15 is 0 Å². The minimum Gasteiger partial charge on any atom is -0.377 e. The van der Waals surface area contributed by atoms with Crippen LogP contribution in [-0.4, -0.2) is 46.1 Å². The fraction of sp³-hybridized carbons (Fsp3) is 0.824. The maximum Gasteiger partial charge on any atom is 0.315 e. The first-order valence-corrected chi connectivity index (χ1v) is 9.28. The first-order valence-electron chi connectivity index (χ1n) is 9.28. The number of amides is 2. The highest BCUT2D eigenvalue weighted by Gasteiger charge is 2.65. The van der Waals surface area contributed by atoms with Gasteiger partial charge in [-0.3, -0.25) is 0 Å². The molecule has 7 heteroatoms. The number of hydrogen-bond acceptors (Lipinski definition) is 4. The van der Waals surface area contributed by atoms with Crippen molar-refractivity contribution in [3.8, 4) is 0 Å². The van der Waals surface area contributed by atoms with Crippen molar-refractivity contribution < 1.29 is 9.53 Å². The summed E-state index contributed by atoms with van der Waals surface area (Å²) < 4.78 is 7.92. The van der Waals surface area contributed by atoms with Crippen molar-refractivity contribution in [1.82, 2.24) is 25.4 Å². The van der Waals surface area contributed by atoms with Crippen LogP contribution >= 0.6 is 0 Å². The number of hydrogen-bond donors (Lipinski definition) is 2. The van der Waals surface area contributed by atoms with Crippen LogP contribution < -0.4 is 10.6 Å². The van der Waals surface area contributed by atoms with E-state index in [9.17, 15) is 4.79 Å². The van der Waals surface area contributed by atoms with Crippen molar-refractivity contribution >= 4 is 6.03 Å². The average molecular weight is 333 g/mol. The molecular formula is C17H27N5O2. The zero-order chi connectivity index (χ0) is 16.4. The summed E-state index contributed by atoms with van der Waals surface area (Å²) in [5.41, 5.74) is 0.229. The minimum absolute atomic E-state index is 0.0130. The second kappa shape index (κ2) is 6.70. The number of carbonyl (C=O) groups is 1. The molecule has 3 aliphatic rings. The van der Waals surface area contributed by atoms with E-state index in [2.05, 4.69) is 20.8 Å². The molecule has 0 unspecified atom stereocenters. The van der Waals surface area contributed by atoms with Crippen LogP contribution in [0.25, 0.3) is 0 Å². The van der Waals surface area contributed by atoms with Gasteiger partial charge in [-0.15, -0.1) is 10.2 Å². The van der Waals surface area contributed by atoms with Crippen LogP contribution in [-0.2, 0) is 11.3 Å². The minimum atomic E-state index is -0.0130. The molecule has 1 aliphatic heterocycles. The molecule has 2 saturated carbocycles. The van der Waals surface area contributed by atoms with Gasteiger partial charge in [-0.25, -0.2) is 4.79 Å². The summed E-state index contributed by atoms with van der Waals surface area (Å²) >= 11 is 0. The predicted molar refractivity (Wildman–Crippen MR) is 88.3 cm³/mol. The number of carbonyl (C=O) groups excluding carboxylic acids is 1. The van der Waals surface area contributed by atoms with E-state index in [-0.39, 0.29) is 11.4 Å². The normalized spacial score (nSPS) is 30.1. The highest BCUT2D eigenvalue weighted by Crippen LogP contribution is 2.60. The molecule has 1 saturated heterocycles. The molecule has 132 valence electrons. The Morgan fingerprint density at radius 1 is 1.25 bits per heavy atom. The molecule has 24 heavy (non-hydrogen) atoms. The molecule has 7 nitrogen and oxygen atoms in total. The largest absolute Gasteiger partial charge is 0.377 e. The van der Waals surface area contributed by atoms with Crippen molar-refractivity contribution in [2.24, 2.45) is 11.3 Å². The summed E-state index contributed by atoms with van der Waals surface area (Å²) in [6.07, 6.45) is 11.8. The lowest BCUT2D eigenvalue weighted by atomic mass is 9.54. The topological polar surface area (TPSA) is 81.1 Å². The van der Waals surface area contributed by atoms with Crippen molar-refractivity contribution in [2.75, 3.05) is 13.2 Å². The molecule has 3 fully saturated rings. The van der Waals surface area contributed by atoms with Gasteiger partial charge in [0.1, 0.15) is 12.7 Å². The molecule has 2 N–H and O–H groups in total. The summed E-state index contributed by atoms with van der Waals surface area (Å²) in [7, 11) is 0. The maximum absolute atomic E-state index is 12.3. The SMILES string of the molecule is O=C(NCCCCn1cnnc1)N[C@@H]1[C@@H]2CCO[C@@H]2C12CCCC2. The predicted octanol–water partition coefficient (Wildman–Crippen LogP) is 1.71. The van der Waals surface area contributed by atoms with Crippen LogP contribution in [0.4, 0.5) is 4.79 Å². The molecule has 2 heterocycles. The van der Waals surface area contributed by atoms with E-state index < -0.39 is 0 Å². The van der Waals surface area contributed by atoms with Crippen molar-refractivity contribution in [3.63, 3.8) is 0 Å². The standard InChI is InChI=1S/C17H27N5O2/c23-16(18-8-3-4-9-22-11-19-20-12-22)21-14-13-5-10-24-15(13)17(14)6-1-2-7-17/h11-15H,1-10H2,(H2,18,21,23)/t13-,14+,15-/m0/s1. The average Bonchev–Trinajstić information content (AvgIpc) is 3.31. The highest BCUT2D eigenvalue weighted by atomic mass is 16.5. The van der Waals surface area contributed by atoms with E-state index in [1.807, 2.05) is 4.57 Å². The molecule has 0 aromatic carbocycles. The van der Waals surface area contributed by atoms with Gasteiger partial charge in [-0.1, -0.05) is 12.8 Å². The third-order valence-electron chi connectivity index (χ3n) is 6.17. The van der Waals surface area contributed by atoms with Gasteiger partial charge in [0.05, 0.1) is 6.10 Å². The number of ether oxygens (including phenoxy) is 1. The Balaban J connectivity index is 1.20. The Kier molecular flexibility index (Phi) is 4.43. The molecule has 1 aromatic rings. The van der Waals surface area contributed by atoms with Gasteiger partial charge in [0.15, 0.2) is 0 Å². The van der Waals surface area contributed by atoms with Crippen LogP contribution in [0, 0.1) is 11.3 Å². The van der Waals surface area contributed by atoms with Gasteiger partial charge in [-0.05, 0) is 32.1 Å². The Bertz CT molecular complexity index is 555. The summed E-state index contributed by atoms with van der Waals surface area (Å²) in [6, 6.07) is 0.297. The molecule has 4 rings (SSSR count). The molecule has 1 spiro atoms. The monoisotopic (exact) mass is 333 g/mol. The van der Waals surface area contributed by atoms with Gasteiger partial charge in [0.2, 0.25) is 0 Å². The van der Waals surface area contributed by atoms with Crippen LogP contribution in [0.2, 0.25) is 0 Å². The third kappa shape index (κ3) is 2.79. The maximum atomic E-state index is 12.3. The number of aryl methyl sites for hydroxylation is 1. The molecule has 0 radical (unpaired) electrons. The Hall–Kier alpha value is -1.63. The molecule has 2 amide bonds. The van der Waals surface area contributed by atoms with Crippen LogP contribution in [0.5, 0.6) is 0 Å². The lowest BCUT2D eigenvalue weighted by Crippen LogP contribution is -2.69. The summed E-state index contributed by atoms with van der Waals surface area (Å²) in [5.74, 6) is 0.530. The van der Waals surface area contributed by atoms with Gasteiger partial charge < -0.3 is 19.9 Å². The van der Waals surface area contributed by atoms with Gasteiger partial charge >= 0.3 is 6.03 Å². The van der Waals surface area contributed by atoms with Crippen LogP contribution in [0.1, 0.15) is 44.9 Å². The van der Waals surface area contributed by atoms with Gasteiger partial charge in [0, 0.05) is 37.1 Å². The quantitative estimate of drug-likeness (QED) is 0.777. The third-order valence-corrected chi connectivity index (χ3v) is 6.17. The Morgan fingerprint density at radius 2 is 2.04 bits per heavy atom. The van der Waals surface area contributed by atoms with E-state index in [1.54, 1.807) is 12.7 Å². The summed E-state index contributed by atoms with van der Waals surface area (Å²) in [6.45, 7) is 2.46. The van der Waals surface area contributed by atoms with E-state index in [1.165, 1.54) is 25.7 Å². The molecule has 2 aliphatic carbocycles. The summed E-state index contributed by atoms with van der Waals surface area (Å²) in [5, 5.41) is 13.9. The number of rotatable bonds is 6. The molecular weight excluding hydrogens is 306 g/mol. The van der Waals surface area contributed by atoms with E-state index in [0.29, 0.717) is 24.6 Å². The van der Waals surface area contributed by atoms with Crippen LogP contribution in [0.15, 0.2) is 12.7 Å². The zero-order valence-corrected chi connectivity index (χ0v) is 14.1. The first kappa shape index (κ1) is 15.9. The molecule has 1 aromatic heterocycles. The Morgan fingerprint density at radius 3 is 2.83 bits per heavy atom. The first-order chi connectivity index (χ1) is 11.8. The Labute approximate surface area is 142 Å². The highest BCUT2D eigenvalue weighted by molar-refractivity contribution is 5.74. The van der Waals surface area contributed by atoms with Gasteiger partial charge in [-0.2, -0.15) is 0 Å². The summed E-state index contributed by atoms with van der Waals surface area (Å²) in [4.78, 5) is 12.3. The number of nitrogens with one attached hydrogen (secondary N) is 2. The smallest absolute Gasteiger partial charge is 0.315 e. The lowest BCUT2D eigenvalue weighted by molar-refractivity contribution is -0.126. The van der Waals surface area contributed by atoms with Crippen molar-refractivity contribution in [2.45, 2.75) is 63.6 Å². The number of aromatic nitrogens is 3. The van der Waals surface area contributed by atoms with Crippen molar-refractivity contribution in [3.05, 3.63) is 12.7 Å². The van der Waals surface area contributed by atoms with E-state index in [4.69, 9.17) is 4.74 Å². The second-order valence-electron chi connectivity index (χ2n) is 7.47. The zero-order valence-electron chi connectivity index (χ0n) is 14.1. The van der Waals surface area contributed by atoms with Crippen LogP contribution in [0.3, 0.4) is 0 Å². The van der Waals surface area contributed by atoms with Crippen molar-refractivity contribution in [1.29, 1.82) is 0 Å². The number of fused-ring (bicyclic) bond motifs is 2. The molecule has 0 bridgehead atoms. The number of unbranched alkanes of at least 4 members (excludes halogenated alkanes) is 1. The second-order valence-corrected chi connectivity index (χ2v) is 7.47.